The number of rotatable bonds is 3. The number of hydrogen-bond donors (Lipinski definition) is 0. The molecule has 0 saturated carbocycles. The Morgan fingerprint density at radius 2 is 1.59 bits per heavy atom. The molecule has 0 aliphatic rings. The second-order valence-corrected chi connectivity index (χ2v) is 6.87. The summed E-state index contributed by atoms with van der Waals surface area (Å²) < 4.78 is 16.4. The summed E-state index contributed by atoms with van der Waals surface area (Å²) in [6.07, 6.45) is 3.29. The SMILES string of the molecule is O=c1c2ccccc2nc(C=Cc2ccccc2F)n1-c1ccc(Br)cc1. The zero-order valence-electron chi connectivity index (χ0n) is 14.1. The molecule has 0 atom stereocenters. The predicted molar refractivity (Wildman–Crippen MR) is 110 cm³/mol. The van der Waals surface area contributed by atoms with Crippen molar-refractivity contribution in [1.82, 2.24) is 9.55 Å². The number of fused-ring (bicyclic) bond motifs is 1. The quantitative estimate of drug-likeness (QED) is 0.441. The minimum atomic E-state index is -0.327. The average molecular weight is 421 g/mol. The molecular formula is C22H14BrFN2O. The maximum absolute atomic E-state index is 13.9. The summed E-state index contributed by atoms with van der Waals surface area (Å²) in [5.41, 5.74) is 1.55. The smallest absolute Gasteiger partial charge is 0.266 e. The predicted octanol–water partition coefficient (Wildman–Crippen LogP) is 5.46. The number of para-hydroxylation sites is 1. The highest BCUT2D eigenvalue weighted by Crippen LogP contribution is 2.18. The Bertz CT molecular complexity index is 1210. The van der Waals surface area contributed by atoms with Crippen molar-refractivity contribution in [1.29, 1.82) is 0 Å². The molecule has 3 nitrogen and oxygen atoms in total. The van der Waals surface area contributed by atoms with Crippen molar-refractivity contribution >= 4 is 39.0 Å². The molecule has 1 aromatic heterocycles. The highest BCUT2D eigenvalue weighted by Gasteiger charge is 2.11. The molecule has 4 rings (SSSR count). The van der Waals surface area contributed by atoms with Crippen LogP contribution in [0.2, 0.25) is 0 Å². The maximum atomic E-state index is 13.9. The number of hydrogen-bond acceptors (Lipinski definition) is 2. The molecule has 4 aromatic rings. The molecule has 0 bridgehead atoms. The minimum Gasteiger partial charge on any atom is -0.268 e. The molecule has 0 radical (unpaired) electrons. The average Bonchev–Trinajstić information content (AvgIpc) is 2.69. The van der Waals surface area contributed by atoms with Crippen molar-refractivity contribution in [3.05, 3.63) is 105 Å². The number of halogens is 2. The Kier molecular flexibility index (Phi) is 4.69. The van der Waals surface area contributed by atoms with Crippen LogP contribution in [0.5, 0.6) is 0 Å². The second-order valence-electron chi connectivity index (χ2n) is 5.96. The summed E-state index contributed by atoms with van der Waals surface area (Å²) in [5, 5.41) is 0.531. The molecule has 0 saturated heterocycles. The van der Waals surface area contributed by atoms with Gasteiger partial charge in [0, 0.05) is 10.0 Å². The third kappa shape index (κ3) is 3.46. The van der Waals surface area contributed by atoms with E-state index < -0.39 is 0 Å². The van der Waals surface area contributed by atoms with Gasteiger partial charge in [-0.15, -0.1) is 0 Å². The number of benzene rings is 3. The van der Waals surface area contributed by atoms with E-state index in [-0.39, 0.29) is 11.4 Å². The Hall–Kier alpha value is -3.05. The molecule has 0 unspecified atom stereocenters. The molecule has 0 amide bonds. The van der Waals surface area contributed by atoms with Crippen LogP contribution >= 0.6 is 15.9 Å². The van der Waals surface area contributed by atoms with Gasteiger partial charge in [-0.2, -0.15) is 0 Å². The van der Waals surface area contributed by atoms with Crippen molar-refractivity contribution in [2.45, 2.75) is 0 Å². The van der Waals surface area contributed by atoms with Gasteiger partial charge in [0.25, 0.3) is 5.56 Å². The van der Waals surface area contributed by atoms with Gasteiger partial charge in [0.05, 0.1) is 16.6 Å². The zero-order chi connectivity index (χ0) is 18.8. The van der Waals surface area contributed by atoms with Gasteiger partial charge in [0.15, 0.2) is 0 Å². The van der Waals surface area contributed by atoms with E-state index in [0.717, 1.165) is 4.47 Å². The molecular weight excluding hydrogens is 407 g/mol. The van der Waals surface area contributed by atoms with Gasteiger partial charge in [-0.1, -0.05) is 46.3 Å². The topological polar surface area (TPSA) is 34.9 Å². The van der Waals surface area contributed by atoms with Crippen LogP contribution in [-0.4, -0.2) is 9.55 Å². The van der Waals surface area contributed by atoms with Crippen LogP contribution in [-0.2, 0) is 0 Å². The Morgan fingerprint density at radius 3 is 2.37 bits per heavy atom. The first-order valence-electron chi connectivity index (χ1n) is 8.34. The fraction of sp³-hybridized carbons (Fsp3) is 0. The summed E-state index contributed by atoms with van der Waals surface area (Å²) in [4.78, 5) is 17.7. The van der Waals surface area contributed by atoms with Crippen molar-refractivity contribution in [3.8, 4) is 5.69 Å². The van der Waals surface area contributed by atoms with Crippen LogP contribution in [0, 0.1) is 5.82 Å². The molecule has 0 N–H and O–H groups in total. The van der Waals surface area contributed by atoms with Crippen LogP contribution in [0.25, 0.3) is 28.7 Å². The van der Waals surface area contributed by atoms with Gasteiger partial charge in [-0.3, -0.25) is 9.36 Å². The molecule has 0 spiro atoms. The molecule has 1 heterocycles. The van der Waals surface area contributed by atoms with Crippen LogP contribution in [0.3, 0.4) is 0 Å². The highest BCUT2D eigenvalue weighted by atomic mass is 79.9. The van der Waals surface area contributed by atoms with E-state index in [1.165, 1.54) is 10.6 Å². The van der Waals surface area contributed by atoms with E-state index in [2.05, 4.69) is 20.9 Å². The van der Waals surface area contributed by atoms with Crippen molar-refractivity contribution in [2.24, 2.45) is 0 Å². The first-order chi connectivity index (χ1) is 13.1. The van der Waals surface area contributed by atoms with Crippen molar-refractivity contribution in [3.63, 3.8) is 0 Å². The molecule has 0 aliphatic carbocycles. The third-order valence-corrected chi connectivity index (χ3v) is 4.73. The summed E-state index contributed by atoms with van der Waals surface area (Å²) in [6.45, 7) is 0. The molecule has 0 fully saturated rings. The van der Waals surface area contributed by atoms with Crippen molar-refractivity contribution < 1.29 is 4.39 Å². The molecule has 132 valence electrons. The second kappa shape index (κ2) is 7.29. The fourth-order valence-electron chi connectivity index (χ4n) is 2.88. The summed E-state index contributed by atoms with van der Waals surface area (Å²) in [6, 6.07) is 21.1. The van der Waals surface area contributed by atoms with E-state index in [0.29, 0.717) is 28.0 Å². The van der Waals surface area contributed by atoms with Gasteiger partial charge in [-0.05, 0) is 54.6 Å². The maximum Gasteiger partial charge on any atom is 0.266 e. The Balaban J connectivity index is 1.95. The molecule has 3 aromatic carbocycles. The minimum absolute atomic E-state index is 0.170. The first-order valence-corrected chi connectivity index (χ1v) is 9.13. The lowest BCUT2D eigenvalue weighted by Crippen LogP contribution is -2.22. The van der Waals surface area contributed by atoms with Gasteiger partial charge < -0.3 is 0 Å². The van der Waals surface area contributed by atoms with E-state index in [9.17, 15) is 9.18 Å². The number of nitrogens with zero attached hydrogens (tertiary/aromatic N) is 2. The lowest BCUT2D eigenvalue weighted by Gasteiger charge is -2.11. The molecule has 5 heteroatoms. The largest absolute Gasteiger partial charge is 0.268 e. The van der Waals surface area contributed by atoms with E-state index >= 15 is 0 Å². The van der Waals surface area contributed by atoms with Crippen LogP contribution in [0.4, 0.5) is 4.39 Å². The zero-order valence-corrected chi connectivity index (χ0v) is 15.7. The highest BCUT2D eigenvalue weighted by molar-refractivity contribution is 9.10. The Morgan fingerprint density at radius 1 is 0.889 bits per heavy atom. The fourth-order valence-corrected chi connectivity index (χ4v) is 3.14. The summed E-state index contributed by atoms with van der Waals surface area (Å²) in [5.74, 6) is 0.108. The van der Waals surface area contributed by atoms with Crippen LogP contribution in [0.15, 0.2) is 82.1 Å². The lowest BCUT2D eigenvalue weighted by molar-refractivity contribution is 0.625. The Labute approximate surface area is 163 Å². The van der Waals surface area contributed by atoms with Gasteiger partial charge >= 0.3 is 0 Å². The van der Waals surface area contributed by atoms with Crippen molar-refractivity contribution in [2.75, 3.05) is 0 Å². The lowest BCUT2D eigenvalue weighted by atomic mass is 10.2. The number of aromatic nitrogens is 2. The van der Waals surface area contributed by atoms with E-state index in [1.54, 1.807) is 42.5 Å². The standard InChI is InChI=1S/C22H14BrFN2O/c23-16-10-12-17(13-11-16)26-21(14-9-15-5-1-3-7-19(15)24)25-20-8-4-2-6-18(20)22(26)27/h1-14H. The van der Waals surface area contributed by atoms with E-state index in [4.69, 9.17) is 0 Å². The summed E-state index contributed by atoms with van der Waals surface area (Å²) >= 11 is 3.41. The molecule has 27 heavy (non-hydrogen) atoms. The van der Waals surface area contributed by atoms with Gasteiger partial charge in [0.1, 0.15) is 11.6 Å². The van der Waals surface area contributed by atoms with Gasteiger partial charge in [0.2, 0.25) is 0 Å². The van der Waals surface area contributed by atoms with Crippen LogP contribution in [0.1, 0.15) is 11.4 Å². The van der Waals surface area contributed by atoms with Gasteiger partial charge in [-0.25, -0.2) is 9.37 Å². The molecule has 0 aliphatic heterocycles. The first kappa shape index (κ1) is 17.4. The third-order valence-electron chi connectivity index (χ3n) is 4.20. The monoisotopic (exact) mass is 420 g/mol. The van der Waals surface area contributed by atoms with E-state index in [1.807, 2.05) is 36.4 Å². The van der Waals surface area contributed by atoms with Crippen LogP contribution < -0.4 is 5.56 Å². The normalized spacial score (nSPS) is 11.3. The summed E-state index contributed by atoms with van der Waals surface area (Å²) in [7, 11) is 0.